The second kappa shape index (κ2) is 8.87. The van der Waals surface area contributed by atoms with Crippen molar-refractivity contribution in [1.29, 1.82) is 0 Å². The molecule has 0 saturated carbocycles. The molecule has 0 atom stereocenters. The molecule has 9 nitrogen and oxygen atoms in total. The van der Waals surface area contributed by atoms with Crippen LogP contribution in [-0.4, -0.2) is 39.9 Å². The molecule has 0 aliphatic heterocycles. The normalized spacial score (nSPS) is 10.9. The second-order valence-electron chi connectivity index (χ2n) is 6.08. The Kier molecular flexibility index (Phi) is 6.26. The van der Waals surface area contributed by atoms with Crippen molar-refractivity contribution in [1.82, 2.24) is 10.2 Å². The van der Waals surface area contributed by atoms with E-state index in [0.717, 1.165) is 5.69 Å². The maximum absolute atomic E-state index is 13.0. The quantitative estimate of drug-likeness (QED) is 0.578. The van der Waals surface area contributed by atoms with Gasteiger partial charge in [-0.25, -0.2) is 8.42 Å². The minimum absolute atomic E-state index is 0.0340. The number of methoxy groups -OCH3 is 3. The maximum Gasteiger partial charge on any atom is 0.265 e. The third-order valence-electron chi connectivity index (χ3n) is 4.04. The van der Waals surface area contributed by atoms with Crippen molar-refractivity contribution in [2.75, 3.05) is 26.1 Å². The molecule has 0 aliphatic carbocycles. The van der Waals surface area contributed by atoms with Crippen LogP contribution in [0.3, 0.4) is 0 Å². The number of hydrogen-bond acceptors (Lipinski definition) is 8. The van der Waals surface area contributed by atoms with E-state index in [0.29, 0.717) is 23.1 Å². The molecule has 10 heteroatoms. The number of hydrogen-bond donors (Lipinski definition) is 1. The average molecular weight is 431 g/mol. The van der Waals surface area contributed by atoms with E-state index in [1.54, 1.807) is 30.3 Å². The predicted molar refractivity (Wildman–Crippen MR) is 110 cm³/mol. The SMILES string of the molecule is COc1ccc(S(=O)(=O)Nc2cccc(Oc3ccc(C)nn3)c2)c(OC)c1OC. The summed E-state index contributed by atoms with van der Waals surface area (Å²) in [5, 5.41) is 7.85. The van der Waals surface area contributed by atoms with Gasteiger partial charge in [0.15, 0.2) is 11.5 Å². The predicted octanol–water partition coefficient (Wildman–Crippen LogP) is 3.40. The smallest absolute Gasteiger partial charge is 0.265 e. The van der Waals surface area contributed by atoms with Crippen LogP contribution < -0.4 is 23.7 Å². The largest absolute Gasteiger partial charge is 0.493 e. The highest BCUT2D eigenvalue weighted by Crippen LogP contribution is 2.42. The number of nitrogens with zero attached hydrogens (tertiary/aromatic N) is 2. The van der Waals surface area contributed by atoms with Crippen molar-refractivity contribution >= 4 is 15.7 Å². The second-order valence-corrected chi connectivity index (χ2v) is 7.73. The summed E-state index contributed by atoms with van der Waals surface area (Å²) in [6, 6.07) is 12.8. The van der Waals surface area contributed by atoms with Crippen LogP contribution in [0.25, 0.3) is 0 Å². The van der Waals surface area contributed by atoms with Crippen LogP contribution in [-0.2, 0) is 10.0 Å². The van der Waals surface area contributed by atoms with Crippen LogP contribution in [0.5, 0.6) is 28.9 Å². The van der Waals surface area contributed by atoms with Crippen molar-refractivity contribution in [2.45, 2.75) is 11.8 Å². The van der Waals surface area contributed by atoms with E-state index < -0.39 is 10.0 Å². The fraction of sp³-hybridized carbons (Fsp3) is 0.200. The molecule has 30 heavy (non-hydrogen) atoms. The molecule has 0 amide bonds. The monoisotopic (exact) mass is 431 g/mol. The maximum atomic E-state index is 13.0. The fourth-order valence-corrected chi connectivity index (χ4v) is 3.90. The number of ether oxygens (including phenoxy) is 4. The van der Waals surface area contributed by atoms with E-state index in [1.165, 1.54) is 39.5 Å². The number of aromatic nitrogens is 2. The first-order valence-corrected chi connectivity index (χ1v) is 10.3. The molecule has 1 N–H and O–H groups in total. The zero-order chi connectivity index (χ0) is 21.7. The lowest BCUT2D eigenvalue weighted by Crippen LogP contribution is -2.14. The van der Waals surface area contributed by atoms with Crippen LogP contribution >= 0.6 is 0 Å². The Labute approximate surface area is 174 Å². The van der Waals surface area contributed by atoms with Crippen LogP contribution in [0.1, 0.15) is 5.69 Å². The fourth-order valence-electron chi connectivity index (χ4n) is 2.68. The van der Waals surface area contributed by atoms with E-state index in [4.69, 9.17) is 18.9 Å². The van der Waals surface area contributed by atoms with Gasteiger partial charge < -0.3 is 18.9 Å². The molecule has 158 valence electrons. The van der Waals surface area contributed by atoms with E-state index >= 15 is 0 Å². The third-order valence-corrected chi connectivity index (χ3v) is 5.44. The van der Waals surface area contributed by atoms with Gasteiger partial charge >= 0.3 is 0 Å². The number of rotatable bonds is 8. The number of anilines is 1. The lowest BCUT2D eigenvalue weighted by molar-refractivity contribution is 0.319. The van der Waals surface area contributed by atoms with Gasteiger partial charge in [-0.05, 0) is 37.3 Å². The Morgan fingerprint density at radius 2 is 1.63 bits per heavy atom. The number of benzene rings is 2. The Morgan fingerprint density at radius 1 is 0.867 bits per heavy atom. The van der Waals surface area contributed by atoms with Crippen LogP contribution in [0.15, 0.2) is 53.4 Å². The lowest BCUT2D eigenvalue weighted by Gasteiger charge is -2.16. The van der Waals surface area contributed by atoms with Gasteiger partial charge in [0.1, 0.15) is 10.6 Å². The first-order valence-electron chi connectivity index (χ1n) is 8.78. The summed E-state index contributed by atoms with van der Waals surface area (Å²) in [6.07, 6.45) is 0. The van der Waals surface area contributed by atoms with E-state index in [-0.39, 0.29) is 16.4 Å². The Balaban J connectivity index is 1.90. The summed E-state index contributed by atoms with van der Waals surface area (Å²) >= 11 is 0. The van der Waals surface area contributed by atoms with Crippen LogP contribution in [0.4, 0.5) is 5.69 Å². The Morgan fingerprint density at radius 3 is 2.27 bits per heavy atom. The number of aryl methyl sites for hydroxylation is 1. The molecule has 0 aliphatic rings. The highest BCUT2D eigenvalue weighted by atomic mass is 32.2. The highest BCUT2D eigenvalue weighted by molar-refractivity contribution is 7.92. The summed E-state index contributed by atoms with van der Waals surface area (Å²) in [4.78, 5) is -0.0987. The lowest BCUT2D eigenvalue weighted by atomic mass is 10.3. The molecular weight excluding hydrogens is 410 g/mol. The Hall–Kier alpha value is -3.53. The summed E-state index contributed by atoms with van der Waals surface area (Å²) in [7, 11) is 0.205. The zero-order valence-corrected chi connectivity index (χ0v) is 17.7. The van der Waals surface area contributed by atoms with E-state index in [9.17, 15) is 8.42 Å². The topological polar surface area (TPSA) is 109 Å². The van der Waals surface area contributed by atoms with Gasteiger partial charge in [-0.1, -0.05) is 6.07 Å². The summed E-state index contributed by atoms with van der Waals surface area (Å²) in [5.41, 5.74) is 1.05. The van der Waals surface area contributed by atoms with Gasteiger partial charge in [0.05, 0.1) is 32.7 Å². The molecule has 0 fully saturated rings. The minimum atomic E-state index is -4.00. The molecule has 0 spiro atoms. The molecule has 1 aromatic heterocycles. The van der Waals surface area contributed by atoms with Crippen molar-refractivity contribution in [3.8, 4) is 28.9 Å². The van der Waals surface area contributed by atoms with Gasteiger partial charge in [0, 0.05) is 12.1 Å². The van der Waals surface area contributed by atoms with Gasteiger partial charge in [-0.3, -0.25) is 4.72 Å². The average Bonchev–Trinajstić information content (AvgIpc) is 2.74. The van der Waals surface area contributed by atoms with Gasteiger partial charge in [0.25, 0.3) is 10.0 Å². The standard InChI is InChI=1S/C20H21N3O6S/c1-13-8-11-18(22-21-13)29-15-7-5-6-14(12-15)23-30(24,25)17-10-9-16(26-2)19(27-3)20(17)28-4/h5-12,23H,1-4H3. The molecular formula is C20H21N3O6S. The van der Waals surface area contributed by atoms with E-state index in [1.807, 2.05) is 6.92 Å². The molecule has 1 heterocycles. The van der Waals surface area contributed by atoms with Crippen molar-refractivity contribution < 1.29 is 27.4 Å². The molecule has 0 radical (unpaired) electrons. The van der Waals surface area contributed by atoms with Crippen molar-refractivity contribution in [2.24, 2.45) is 0 Å². The number of sulfonamides is 1. The molecule has 2 aromatic carbocycles. The summed E-state index contributed by atoms with van der Waals surface area (Å²) in [6.45, 7) is 1.81. The van der Waals surface area contributed by atoms with Gasteiger partial charge in [-0.2, -0.15) is 5.10 Å². The molecule has 3 rings (SSSR count). The molecule has 3 aromatic rings. The van der Waals surface area contributed by atoms with E-state index in [2.05, 4.69) is 14.9 Å². The first kappa shape index (κ1) is 21.2. The zero-order valence-electron chi connectivity index (χ0n) is 16.9. The van der Waals surface area contributed by atoms with Crippen molar-refractivity contribution in [3.63, 3.8) is 0 Å². The van der Waals surface area contributed by atoms with Crippen molar-refractivity contribution in [3.05, 3.63) is 54.2 Å². The third kappa shape index (κ3) is 4.54. The summed E-state index contributed by atoms with van der Waals surface area (Å²) in [5.74, 6) is 1.25. The van der Waals surface area contributed by atoms with Gasteiger partial charge in [-0.15, -0.1) is 5.10 Å². The molecule has 0 unspecified atom stereocenters. The summed E-state index contributed by atoms with van der Waals surface area (Å²) < 4.78 is 49.9. The minimum Gasteiger partial charge on any atom is -0.493 e. The highest BCUT2D eigenvalue weighted by Gasteiger charge is 2.25. The molecule has 0 saturated heterocycles. The first-order chi connectivity index (χ1) is 14.4. The molecule has 0 bridgehead atoms. The number of nitrogens with one attached hydrogen (secondary N) is 1. The Bertz CT molecular complexity index is 1130. The van der Waals surface area contributed by atoms with Crippen LogP contribution in [0, 0.1) is 6.92 Å². The van der Waals surface area contributed by atoms with Gasteiger partial charge in [0.2, 0.25) is 11.6 Å². The van der Waals surface area contributed by atoms with Crippen LogP contribution in [0.2, 0.25) is 0 Å².